The van der Waals surface area contributed by atoms with Crippen LogP contribution in [0.5, 0.6) is 0 Å². The molecule has 0 saturated heterocycles. The Morgan fingerprint density at radius 2 is 1.88 bits per heavy atom. The fourth-order valence-corrected chi connectivity index (χ4v) is 3.18. The average Bonchev–Trinajstić information content (AvgIpc) is 3.05. The van der Waals surface area contributed by atoms with Gasteiger partial charge < -0.3 is 10.6 Å². The van der Waals surface area contributed by atoms with Gasteiger partial charge in [0, 0.05) is 24.4 Å². The topological polar surface area (TPSA) is 49.3 Å². The maximum Gasteiger partial charge on any atom is 0.191 e. The number of hydrogen-bond donors (Lipinski definition) is 2. The molecule has 1 aromatic carbocycles. The number of rotatable bonds is 5. The van der Waals surface area contributed by atoms with Gasteiger partial charge in [0.15, 0.2) is 5.96 Å². The van der Waals surface area contributed by atoms with Crippen LogP contribution in [-0.2, 0) is 12.0 Å². The maximum absolute atomic E-state index is 4.70. The minimum atomic E-state index is 0. The Hall–Kier alpha value is -1.15. The summed E-state index contributed by atoms with van der Waals surface area (Å²) in [5.74, 6) is 1.24. The van der Waals surface area contributed by atoms with Crippen LogP contribution in [0.3, 0.4) is 0 Å². The van der Waals surface area contributed by atoms with Crippen molar-refractivity contribution >= 4 is 41.3 Å². The second-order valence-electron chi connectivity index (χ2n) is 7.01. The van der Waals surface area contributed by atoms with Crippen molar-refractivity contribution in [3.8, 4) is 0 Å². The van der Waals surface area contributed by atoms with E-state index in [4.69, 9.17) is 4.98 Å². The molecule has 6 heteroatoms. The molecule has 4 nitrogen and oxygen atoms in total. The smallest absolute Gasteiger partial charge is 0.191 e. The summed E-state index contributed by atoms with van der Waals surface area (Å²) in [6, 6.07) is 10.5. The van der Waals surface area contributed by atoms with Gasteiger partial charge in [-0.15, -0.1) is 35.3 Å². The number of aliphatic imine (C=N–C) groups is 1. The molecule has 0 aliphatic heterocycles. The first-order chi connectivity index (χ1) is 11.4. The lowest BCUT2D eigenvalue weighted by atomic mass is 9.98. The third-order valence-electron chi connectivity index (χ3n) is 3.80. The quantitative estimate of drug-likeness (QED) is 0.382. The zero-order valence-electron chi connectivity index (χ0n) is 15.7. The van der Waals surface area contributed by atoms with Crippen LogP contribution < -0.4 is 10.6 Å². The average molecular weight is 472 g/mol. The molecule has 0 amide bonds. The maximum atomic E-state index is 4.70. The van der Waals surface area contributed by atoms with Crippen molar-refractivity contribution in [1.29, 1.82) is 0 Å². The minimum absolute atomic E-state index is 0. The monoisotopic (exact) mass is 472 g/mol. The Balaban J connectivity index is 0.00000312. The van der Waals surface area contributed by atoms with Gasteiger partial charge in [-0.05, 0) is 11.5 Å². The molecule has 1 aromatic heterocycles. The first-order valence-electron chi connectivity index (χ1n) is 8.34. The highest BCUT2D eigenvalue weighted by atomic mass is 127. The van der Waals surface area contributed by atoms with Gasteiger partial charge >= 0.3 is 0 Å². The largest absolute Gasteiger partial charge is 0.356 e. The van der Waals surface area contributed by atoms with Gasteiger partial charge in [-0.2, -0.15) is 0 Å². The number of guanidine groups is 1. The summed E-state index contributed by atoms with van der Waals surface area (Å²) in [4.78, 5) is 9.00. The lowest BCUT2D eigenvalue weighted by Gasteiger charge is -2.16. The molecule has 0 aliphatic carbocycles. The first kappa shape index (κ1) is 21.9. The van der Waals surface area contributed by atoms with Gasteiger partial charge in [0.1, 0.15) is 0 Å². The molecule has 0 bridgehead atoms. The fourth-order valence-electron chi connectivity index (χ4n) is 2.28. The van der Waals surface area contributed by atoms with Crippen LogP contribution in [0.4, 0.5) is 0 Å². The van der Waals surface area contributed by atoms with Gasteiger partial charge in [0.25, 0.3) is 0 Å². The molecule has 0 radical (unpaired) electrons. The van der Waals surface area contributed by atoms with Crippen LogP contribution in [0.1, 0.15) is 49.9 Å². The minimum Gasteiger partial charge on any atom is -0.356 e. The Morgan fingerprint density at radius 1 is 1.20 bits per heavy atom. The number of nitrogens with zero attached hydrogens (tertiary/aromatic N) is 2. The number of thiazole rings is 1. The van der Waals surface area contributed by atoms with E-state index in [1.807, 2.05) is 6.07 Å². The van der Waals surface area contributed by atoms with E-state index in [9.17, 15) is 0 Å². The SMILES string of the molecule is CN=C(NCc1csc(C(C)(C)C)n1)NCC(C)c1ccccc1.I. The van der Waals surface area contributed by atoms with E-state index in [-0.39, 0.29) is 29.4 Å². The number of benzene rings is 1. The molecule has 1 heterocycles. The predicted octanol–water partition coefficient (Wildman–Crippen LogP) is 4.53. The van der Waals surface area contributed by atoms with Crippen molar-refractivity contribution in [3.05, 3.63) is 52.0 Å². The van der Waals surface area contributed by atoms with Crippen LogP contribution in [0.2, 0.25) is 0 Å². The van der Waals surface area contributed by atoms with Crippen molar-refractivity contribution in [2.24, 2.45) is 4.99 Å². The van der Waals surface area contributed by atoms with Gasteiger partial charge in [0.05, 0.1) is 17.2 Å². The highest BCUT2D eigenvalue weighted by Gasteiger charge is 2.17. The van der Waals surface area contributed by atoms with Crippen molar-refractivity contribution in [3.63, 3.8) is 0 Å². The van der Waals surface area contributed by atoms with Gasteiger partial charge in [-0.3, -0.25) is 4.99 Å². The van der Waals surface area contributed by atoms with E-state index in [0.717, 1.165) is 18.2 Å². The van der Waals surface area contributed by atoms with Gasteiger partial charge in [-0.1, -0.05) is 58.0 Å². The van der Waals surface area contributed by atoms with E-state index in [1.54, 1.807) is 18.4 Å². The lowest BCUT2D eigenvalue weighted by Crippen LogP contribution is -2.38. The zero-order chi connectivity index (χ0) is 17.6. The van der Waals surface area contributed by atoms with Crippen LogP contribution >= 0.6 is 35.3 Å². The van der Waals surface area contributed by atoms with Crippen LogP contribution in [0.25, 0.3) is 0 Å². The normalized spacial score (nSPS) is 13.1. The molecule has 2 rings (SSSR count). The Morgan fingerprint density at radius 3 is 2.44 bits per heavy atom. The number of aromatic nitrogens is 1. The highest BCUT2D eigenvalue weighted by Crippen LogP contribution is 2.25. The first-order valence-corrected chi connectivity index (χ1v) is 9.22. The molecule has 0 fully saturated rings. The Labute approximate surface area is 172 Å². The zero-order valence-corrected chi connectivity index (χ0v) is 18.8. The summed E-state index contributed by atoms with van der Waals surface area (Å²) in [6.45, 7) is 10.3. The molecule has 0 aliphatic rings. The van der Waals surface area contributed by atoms with Crippen molar-refractivity contribution in [2.45, 2.75) is 45.6 Å². The molecule has 138 valence electrons. The lowest BCUT2D eigenvalue weighted by molar-refractivity contribution is 0.582. The molecule has 0 spiro atoms. The molecule has 1 unspecified atom stereocenters. The van der Waals surface area contributed by atoms with E-state index in [1.165, 1.54) is 10.6 Å². The van der Waals surface area contributed by atoms with E-state index in [2.05, 4.69) is 73.0 Å². The highest BCUT2D eigenvalue weighted by molar-refractivity contribution is 14.0. The molecular formula is C19H29IN4S. The van der Waals surface area contributed by atoms with Crippen molar-refractivity contribution < 1.29 is 0 Å². The molecule has 25 heavy (non-hydrogen) atoms. The molecular weight excluding hydrogens is 443 g/mol. The summed E-state index contributed by atoms with van der Waals surface area (Å²) in [6.07, 6.45) is 0. The second-order valence-corrected chi connectivity index (χ2v) is 7.87. The third kappa shape index (κ3) is 6.93. The van der Waals surface area contributed by atoms with Crippen LogP contribution in [0.15, 0.2) is 40.7 Å². The molecule has 0 saturated carbocycles. The van der Waals surface area contributed by atoms with Gasteiger partial charge in [-0.25, -0.2) is 4.98 Å². The second kappa shape index (κ2) is 10.1. The summed E-state index contributed by atoms with van der Waals surface area (Å²) < 4.78 is 0. The summed E-state index contributed by atoms with van der Waals surface area (Å²) in [7, 11) is 1.80. The fraction of sp³-hybridized carbons (Fsp3) is 0.474. The van der Waals surface area contributed by atoms with E-state index in [0.29, 0.717) is 12.5 Å². The molecule has 2 aromatic rings. The number of hydrogen-bond acceptors (Lipinski definition) is 3. The Kier molecular flexibility index (Phi) is 8.85. The summed E-state index contributed by atoms with van der Waals surface area (Å²) in [5, 5.41) is 10.0. The van der Waals surface area contributed by atoms with E-state index < -0.39 is 0 Å². The van der Waals surface area contributed by atoms with Gasteiger partial charge in [0.2, 0.25) is 0 Å². The molecule has 1 atom stereocenters. The number of nitrogens with one attached hydrogen (secondary N) is 2. The van der Waals surface area contributed by atoms with Crippen molar-refractivity contribution in [2.75, 3.05) is 13.6 Å². The van der Waals surface area contributed by atoms with Crippen LogP contribution in [0, 0.1) is 0 Å². The third-order valence-corrected chi connectivity index (χ3v) is 5.12. The Bertz CT molecular complexity index is 662. The van der Waals surface area contributed by atoms with E-state index >= 15 is 0 Å². The summed E-state index contributed by atoms with van der Waals surface area (Å²) >= 11 is 1.72. The predicted molar refractivity (Wildman–Crippen MR) is 119 cm³/mol. The standard InChI is InChI=1S/C19H28N4S.HI/c1-14(15-9-7-6-8-10-15)11-21-18(20-5)22-12-16-13-24-17(23-16)19(2,3)4;/h6-10,13-14H,11-12H2,1-5H3,(H2,20,21,22);1H. The summed E-state index contributed by atoms with van der Waals surface area (Å²) in [5.41, 5.74) is 2.49. The van der Waals surface area contributed by atoms with Crippen LogP contribution in [-0.4, -0.2) is 24.5 Å². The molecule has 2 N–H and O–H groups in total. The number of halogens is 1. The van der Waals surface area contributed by atoms with Crippen molar-refractivity contribution in [1.82, 2.24) is 15.6 Å².